The Hall–Kier alpha value is -3.12. The van der Waals surface area contributed by atoms with Gasteiger partial charge in [-0.25, -0.2) is 5.43 Å². The van der Waals surface area contributed by atoms with Crippen LogP contribution in [0.25, 0.3) is 10.4 Å². The van der Waals surface area contributed by atoms with Crippen LogP contribution in [-0.2, 0) is 11.2 Å². The van der Waals surface area contributed by atoms with E-state index < -0.39 is 0 Å². The highest BCUT2D eigenvalue weighted by Crippen LogP contribution is 2.28. The van der Waals surface area contributed by atoms with Crippen LogP contribution in [0.5, 0.6) is 11.5 Å². The third-order valence-corrected chi connectivity index (χ3v) is 5.03. The molecule has 2 N–H and O–H groups in total. The minimum atomic E-state index is -0.147. The van der Waals surface area contributed by atoms with Gasteiger partial charge < -0.3 is 9.84 Å². The van der Waals surface area contributed by atoms with Crippen LogP contribution in [-0.4, -0.2) is 24.3 Å². The van der Waals surface area contributed by atoms with E-state index in [-0.39, 0.29) is 11.7 Å². The quantitative estimate of drug-likeness (QED) is 0.476. The Morgan fingerprint density at radius 2 is 1.85 bits per heavy atom. The molecule has 0 spiro atoms. The molecule has 138 valence electrons. The molecule has 0 aliphatic rings. The Bertz CT molecular complexity index is 915. The van der Waals surface area contributed by atoms with Crippen molar-refractivity contribution < 1.29 is 14.6 Å². The van der Waals surface area contributed by atoms with Crippen LogP contribution < -0.4 is 10.2 Å². The van der Waals surface area contributed by atoms with Crippen LogP contribution in [0.1, 0.15) is 16.9 Å². The van der Waals surface area contributed by atoms with E-state index in [9.17, 15) is 9.90 Å². The molecule has 0 aliphatic carbocycles. The summed E-state index contributed by atoms with van der Waals surface area (Å²) in [4.78, 5) is 14.0. The molecule has 0 atom stereocenters. The second-order valence-corrected chi connectivity index (χ2v) is 7.01. The topological polar surface area (TPSA) is 70.9 Å². The Kier molecular flexibility index (Phi) is 6.22. The molecule has 0 saturated heterocycles. The minimum Gasteiger partial charge on any atom is -0.508 e. The minimum absolute atomic E-state index is 0.147. The molecule has 3 aromatic rings. The van der Waals surface area contributed by atoms with Crippen LogP contribution in [0, 0.1) is 0 Å². The molecule has 1 aromatic heterocycles. The number of hydrogen-bond donors (Lipinski definition) is 2. The van der Waals surface area contributed by atoms with Crippen molar-refractivity contribution in [3.05, 3.63) is 71.1 Å². The molecule has 3 rings (SSSR count). The third-order valence-electron chi connectivity index (χ3n) is 3.96. The van der Waals surface area contributed by atoms with Gasteiger partial charge in [0.2, 0.25) is 5.91 Å². The number of carbonyl (C=O) groups is 1. The van der Waals surface area contributed by atoms with E-state index in [2.05, 4.69) is 10.5 Å². The average Bonchev–Trinajstić information content (AvgIpc) is 3.16. The summed E-state index contributed by atoms with van der Waals surface area (Å²) >= 11 is 1.60. The van der Waals surface area contributed by atoms with Crippen molar-refractivity contribution >= 4 is 23.5 Å². The first-order valence-electron chi connectivity index (χ1n) is 8.48. The fraction of sp³-hybridized carbons (Fsp3) is 0.143. The van der Waals surface area contributed by atoms with Crippen LogP contribution in [0.3, 0.4) is 0 Å². The average molecular weight is 380 g/mol. The molecule has 5 nitrogen and oxygen atoms in total. The number of rotatable bonds is 7. The molecule has 0 radical (unpaired) electrons. The van der Waals surface area contributed by atoms with Crippen LogP contribution in [0.15, 0.2) is 65.8 Å². The van der Waals surface area contributed by atoms with Gasteiger partial charge in [0.15, 0.2) is 0 Å². The number of nitrogens with one attached hydrogen (secondary N) is 1. The second kappa shape index (κ2) is 9.00. The predicted octanol–water partition coefficient (Wildman–Crippen LogP) is 4.21. The highest BCUT2D eigenvalue weighted by molar-refractivity contribution is 7.17. The van der Waals surface area contributed by atoms with Gasteiger partial charge in [0.25, 0.3) is 0 Å². The highest BCUT2D eigenvalue weighted by atomic mass is 32.1. The molecule has 1 heterocycles. The van der Waals surface area contributed by atoms with Crippen molar-refractivity contribution in [1.82, 2.24) is 5.43 Å². The van der Waals surface area contributed by atoms with Gasteiger partial charge in [0, 0.05) is 16.2 Å². The summed E-state index contributed by atoms with van der Waals surface area (Å²) in [6, 6.07) is 18.7. The van der Waals surface area contributed by atoms with Crippen molar-refractivity contribution in [2.24, 2.45) is 5.10 Å². The van der Waals surface area contributed by atoms with Gasteiger partial charge in [0.05, 0.1) is 13.3 Å². The number of thiophene rings is 1. The Morgan fingerprint density at radius 1 is 1.11 bits per heavy atom. The molecule has 0 saturated carbocycles. The third kappa shape index (κ3) is 5.43. The maximum atomic E-state index is 11.9. The maximum Gasteiger partial charge on any atom is 0.240 e. The lowest BCUT2D eigenvalue weighted by atomic mass is 10.1. The lowest BCUT2D eigenvalue weighted by molar-refractivity contribution is -0.121. The summed E-state index contributed by atoms with van der Waals surface area (Å²) in [6.07, 6.45) is 2.59. The fourth-order valence-electron chi connectivity index (χ4n) is 2.48. The van der Waals surface area contributed by atoms with Crippen molar-refractivity contribution in [1.29, 1.82) is 0 Å². The summed E-state index contributed by atoms with van der Waals surface area (Å²) in [6.45, 7) is 0. The number of hydrazone groups is 1. The molecular weight excluding hydrogens is 360 g/mol. The normalized spacial score (nSPS) is 10.9. The molecule has 2 aromatic carbocycles. The summed E-state index contributed by atoms with van der Waals surface area (Å²) in [5.41, 5.74) is 4.65. The summed E-state index contributed by atoms with van der Waals surface area (Å²) in [5, 5.41) is 13.3. The summed E-state index contributed by atoms with van der Waals surface area (Å²) < 4.78 is 5.17. The first-order chi connectivity index (χ1) is 13.1. The van der Waals surface area contributed by atoms with Crippen molar-refractivity contribution in [2.75, 3.05) is 7.11 Å². The number of carbonyl (C=O) groups excluding carboxylic acids is 1. The Labute approximate surface area is 161 Å². The maximum absolute atomic E-state index is 11.9. The molecule has 0 unspecified atom stereocenters. The largest absolute Gasteiger partial charge is 0.508 e. The molecule has 0 aliphatic heterocycles. The molecule has 6 heteroatoms. The SMILES string of the molecule is COc1ccc(-c2ccc(/C=N/NC(=O)CCc3ccc(O)cc3)s2)cc1. The second-order valence-electron chi connectivity index (χ2n) is 5.89. The number of phenols is 1. The standard InChI is InChI=1S/C21H20N2O3S/c1-26-18-9-5-16(6-10-18)20-12-11-19(27-20)14-22-23-21(25)13-4-15-2-7-17(24)8-3-15/h2-3,5-12,14,24H,4,13H2,1H3,(H,23,25)/b22-14+. The zero-order valence-electron chi connectivity index (χ0n) is 14.9. The van der Waals surface area contributed by atoms with E-state index in [4.69, 9.17) is 4.74 Å². The smallest absolute Gasteiger partial charge is 0.240 e. The van der Waals surface area contributed by atoms with E-state index >= 15 is 0 Å². The zero-order valence-corrected chi connectivity index (χ0v) is 15.7. The molecule has 0 bridgehead atoms. The Morgan fingerprint density at radius 3 is 2.56 bits per heavy atom. The number of phenolic OH excluding ortho intramolecular Hbond substituents is 1. The van der Waals surface area contributed by atoms with Gasteiger partial charge in [-0.3, -0.25) is 4.79 Å². The first kappa shape index (κ1) is 18.7. The van der Waals surface area contributed by atoms with Crippen molar-refractivity contribution in [3.63, 3.8) is 0 Å². The van der Waals surface area contributed by atoms with Gasteiger partial charge in [-0.05, 0) is 66.1 Å². The van der Waals surface area contributed by atoms with Gasteiger partial charge in [-0.15, -0.1) is 11.3 Å². The first-order valence-corrected chi connectivity index (χ1v) is 9.30. The lowest BCUT2D eigenvalue weighted by Crippen LogP contribution is -2.17. The number of benzene rings is 2. The van der Waals surface area contributed by atoms with E-state index in [0.717, 1.165) is 26.6 Å². The van der Waals surface area contributed by atoms with E-state index in [1.165, 1.54) is 0 Å². The van der Waals surface area contributed by atoms with Gasteiger partial charge in [0.1, 0.15) is 11.5 Å². The number of methoxy groups -OCH3 is 1. The van der Waals surface area contributed by atoms with E-state index in [1.54, 1.807) is 48.9 Å². The lowest BCUT2D eigenvalue weighted by Gasteiger charge is -2.01. The molecular formula is C21H20N2O3S. The monoisotopic (exact) mass is 380 g/mol. The predicted molar refractivity (Wildman–Crippen MR) is 108 cm³/mol. The number of aromatic hydroxyl groups is 1. The van der Waals surface area contributed by atoms with Gasteiger partial charge >= 0.3 is 0 Å². The molecule has 1 amide bonds. The fourth-order valence-corrected chi connectivity index (χ4v) is 3.36. The zero-order chi connectivity index (χ0) is 19.1. The number of ether oxygens (including phenoxy) is 1. The van der Waals surface area contributed by atoms with Gasteiger partial charge in [-0.1, -0.05) is 12.1 Å². The number of amides is 1. The summed E-state index contributed by atoms with van der Waals surface area (Å²) in [7, 11) is 1.65. The number of hydrogen-bond acceptors (Lipinski definition) is 5. The number of nitrogens with zero attached hydrogens (tertiary/aromatic N) is 1. The van der Waals surface area contributed by atoms with Crippen molar-refractivity contribution in [2.45, 2.75) is 12.8 Å². The highest BCUT2D eigenvalue weighted by Gasteiger charge is 2.03. The van der Waals surface area contributed by atoms with Gasteiger partial charge in [-0.2, -0.15) is 5.10 Å². The van der Waals surface area contributed by atoms with E-state index in [0.29, 0.717) is 12.8 Å². The number of aryl methyl sites for hydroxylation is 1. The van der Waals surface area contributed by atoms with Crippen LogP contribution >= 0.6 is 11.3 Å². The van der Waals surface area contributed by atoms with E-state index in [1.807, 2.05) is 36.4 Å². The van der Waals surface area contributed by atoms with Crippen molar-refractivity contribution in [3.8, 4) is 21.9 Å². The Balaban J connectivity index is 1.50. The molecule has 0 fully saturated rings. The van der Waals surface area contributed by atoms with Crippen LogP contribution in [0.4, 0.5) is 0 Å². The van der Waals surface area contributed by atoms with Crippen LogP contribution in [0.2, 0.25) is 0 Å². The summed E-state index contributed by atoms with van der Waals surface area (Å²) in [5.74, 6) is 0.899. The molecule has 27 heavy (non-hydrogen) atoms.